The summed E-state index contributed by atoms with van der Waals surface area (Å²) >= 11 is 0. The molecule has 3 heterocycles. The maximum Gasteiger partial charge on any atom is 0.343 e. The van der Waals surface area contributed by atoms with E-state index in [0.29, 0.717) is 42.7 Å². The van der Waals surface area contributed by atoms with Crippen molar-refractivity contribution in [3.63, 3.8) is 0 Å². The van der Waals surface area contributed by atoms with E-state index in [-0.39, 0.29) is 48.1 Å². The number of piperidine rings is 2. The quantitative estimate of drug-likeness (QED) is 0.105. The number of ether oxygens (including phenoxy) is 1. The number of hydrogen-bond donors (Lipinski definition) is 6. The van der Waals surface area contributed by atoms with Crippen molar-refractivity contribution in [2.24, 2.45) is 17.0 Å². The number of anilines is 1. The van der Waals surface area contributed by atoms with E-state index in [1.165, 1.54) is 18.2 Å². The third-order valence-electron chi connectivity index (χ3n) is 9.03. The maximum atomic E-state index is 12.9. The minimum Gasteiger partial charge on any atom is -0.481 e. The second-order valence-electron chi connectivity index (χ2n) is 12.8. The number of hydrogen-bond acceptors (Lipinski definition) is 11. The van der Waals surface area contributed by atoms with Gasteiger partial charge in [0, 0.05) is 37.2 Å². The Morgan fingerprint density at radius 2 is 1.45 bits per heavy atom. The van der Waals surface area contributed by atoms with Crippen LogP contribution < -0.4 is 15.8 Å². The Morgan fingerprint density at radius 3 is 2.00 bits per heavy atom. The molecule has 0 saturated carbocycles. The summed E-state index contributed by atoms with van der Waals surface area (Å²) in [4.78, 5) is 77.3. The summed E-state index contributed by atoms with van der Waals surface area (Å²) in [5, 5.41) is 43.6. The Hall–Kier alpha value is -5.51. The molecule has 1 amide bonds. The number of carboxylic acid groups (broad SMARTS) is 4. The molecule has 0 spiro atoms. The number of carbonyl (C=O) groups excluding carboxylic acids is 2. The zero-order chi connectivity index (χ0) is 37.1. The Kier molecular flexibility index (Phi) is 13.1. The molecule has 7 N–H and O–H groups in total. The fourth-order valence-corrected chi connectivity index (χ4v) is 6.20. The van der Waals surface area contributed by atoms with E-state index in [9.17, 15) is 44.1 Å². The number of nitrogens with one attached hydrogen (secondary N) is 1. The summed E-state index contributed by atoms with van der Waals surface area (Å²) < 4.78 is 5.54. The molecule has 5 rings (SSSR count). The summed E-state index contributed by atoms with van der Waals surface area (Å²) in [7, 11) is 0. The number of amides is 1. The summed E-state index contributed by atoms with van der Waals surface area (Å²) in [5.74, 6) is -5.24. The van der Waals surface area contributed by atoms with Gasteiger partial charge in [-0.3, -0.25) is 24.0 Å². The van der Waals surface area contributed by atoms with E-state index in [2.05, 4.69) is 10.5 Å². The second-order valence-corrected chi connectivity index (χ2v) is 12.8. The molecular weight excluding hydrogens is 668 g/mol. The maximum absolute atomic E-state index is 12.9. The number of nitrogen functional groups attached to an aromatic ring is 1. The van der Waals surface area contributed by atoms with E-state index >= 15 is 0 Å². The van der Waals surface area contributed by atoms with Gasteiger partial charge in [0.1, 0.15) is 5.75 Å². The smallest absolute Gasteiger partial charge is 0.343 e. The summed E-state index contributed by atoms with van der Waals surface area (Å²) in [5.41, 5.74) is 6.12. The van der Waals surface area contributed by atoms with Gasteiger partial charge in [0.25, 0.3) is 0 Å². The normalized spacial score (nSPS) is 17.3. The lowest BCUT2D eigenvalue weighted by Gasteiger charge is -2.30. The van der Waals surface area contributed by atoms with E-state index in [1.54, 1.807) is 29.2 Å². The second kappa shape index (κ2) is 17.4. The van der Waals surface area contributed by atoms with Crippen LogP contribution in [0.15, 0.2) is 47.6 Å². The zero-order valence-electron chi connectivity index (χ0n) is 27.9. The van der Waals surface area contributed by atoms with Crippen molar-refractivity contribution in [1.82, 2.24) is 10.2 Å². The molecule has 2 aromatic rings. The first-order valence-corrected chi connectivity index (χ1v) is 16.6. The minimum atomic E-state index is -1.61. The van der Waals surface area contributed by atoms with Crippen LogP contribution in [-0.4, -0.2) is 98.6 Å². The summed E-state index contributed by atoms with van der Waals surface area (Å²) in [6, 6.07) is 10.9. The Labute approximate surface area is 293 Å². The highest BCUT2D eigenvalue weighted by Crippen LogP contribution is 2.35. The number of carboxylic acids is 4. The number of nitrogens with two attached hydrogens (primary N) is 1. The molecule has 51 heavy (non-hydrogen) atoms. The third-order valence-corrected chi connectivity index (χ3v) is 9.03. The van der Waals surface area contributed by atoms with Crippen molar-refractivity contribution in [2.45, 2.75) is 63.4 Å². The van der Waals surface area contributed by atoms with Gasteiger partial charge in [-0.25, -0.2) is 4.79 Å². The number of rotatable bonds is 12. The molecule has 0 bridgehead atoms. The molecule has 0 aliphatic carbocycles. The van der Waals surface area contributed by atoms with Crippen LogP contribution in [0.2, 0.25) is 0 Å². The average molecular weight is 711 g/mol. The Balaban J connectivity index is 0.000000563. The molecule has 274 valence electrons. The number of esters is 1. The van der Waals surface area contributed by atoms with Gasteiger partial charge in [-0.1, -0.05) is 11.2 Å². The number of aliphatic carboxylic acids is 4. The molecule has 16 nitrogen and oxygen atoms in total. The fraction of sp³-hybridized carbons (Fsp3) is 0.457. The third kappa shape index (κ3) is 11.0. The fourth-order valence-electron chi connectivity index (χ4n) is 6.20. The first-order valence-electron chi connectivity index (χ1n) is 16.6. The molecule has 2 fully saturated rings. The van der Waals surface area contributed by atoms with E-state index in [0.717, 1.165) is 25.9 Å². The van der Waals surface area contributed by atoms with Gasteiger partial charge in [-0.15, -0.1) is 0 Å². The molecule has 3 aliphatic heterocycles. The SMILES string of the molecule is Nc1ccc(C(=O)Oc2ccc(CCC(=O)N3CCC(C(=O)O)CC3)c(C3=NOC(CC(=O)O)(CC(=O)O)C3)c2)cc1.O=C(O)C1CCNCC1. The molecule has 3 aliphatic rings. The predicted molar refractivity (Wildman–Crippen MR) is 180 cm³/mol. The van der Waals surface area contributed by atoms with Gasteiger partial charge in [-0.05, 0) is 87.2 Å². The highest BCUT2D eigenvalue weighted by molar-refractivity contribution is 6.04. The van der Waals surface area contributed by atoms with Crippen molar-refractivity contribution in [1.29, 1.82) is 0 Å². The molecule has 16 heteroatoms. The van der Waals surface area contributed by atoms with Crippen molar-refractivity contribution >= 4 is 47.2 Å². The van der Waals surface area contributed by atoms with Crippen LogP contribution in [0.5, 0.6) is 5.75 Å². The standard InChI is InChI=1S/C29H31N3O10.C6H11NO2/c30-20-5-1-19(2-6-20)28(40)41-21-7-3-17(4-8-24(33)32-11-9-18(10-12-32)27(38)39)22(13-21)23-14-29(42-31-23,15-25(34)35)16-26(36)37;8-6(9)5-1-3-7-4-2-5/h1-3,5-7,13,18H,4,8-12,14-16,30H2,(H,34,35)(H,36,37)(H,38,39);5,7H,1-4H2,(H,8,9). The Bertz CT molecular complexity index is 1630. The van der Waals surface area contributed by atoms with Gasteiger partial charge in [0.2, 0.25) is 5.91 Å². The van der Waals surface area contributed by atoms with Crippen molar-refractivity contribution in [2.75, 3.05) is 31.9 Å². The van der Waals surface area contributed by atoms with Gasteiger partial charge in [0.05, 0.1) is 36.0 Å². The van der Waals surface area contributed by atoms with Gasteiger partial charge in [0.15, 0.2) is 5.60 Å². The van der Waals surface area contributed by atoms with E-state index < -0.39 is 54.2 Å². The summed E-state index contributed by atoms with van der Waals surface area (Å²) in [6.07, 6.45) is 1.33. The Morgan fingerprint density at radius 1 is 0.863 bits per heavy atom. The van der Waals surface area contributed by atoms with Crippen LogP contribution in [0.25, 0.3) is 0 Å². The van der Waals surface area contributed by atoms with Crippen molar-refractivity contribution in [3.8, 4) is 5.75 Å². The van der Waals surface area contributed by atoms with Gasteiger partial charge in [-0.2, -0.15) is 0 Å². The number of nitrogens with zero attached hydrogens (tertiary/aromatic N) is 2. The van der Waals surface area contributed by atoms with E-state index in [1.807, 2.05) is 0 Å². The van der Waals surface area contributed by atoms with Crippen LogP contribution in [0, 0.1) is 11.8 Å². The van der Waals surface area contributed by atoms with Crippen LogP contribution in [-0.2, 0) is 35.2 Å². The molecule has 0 atom stereocenters. The number of aryl methyl sites for hydroxylation is 1. The monoisotopic (exact) mass is 710 g/mol. The molecule has 0 aromatic heterocycles. The lowest BCUT2D eigenvalue weighted by atomic mass is 9.86. The highest BCUT2D eigenvalue weighted by Gasteiger charge is 2.44. The number of likely N-dealkylation sites (tertiary alicyclic amines) is 1. The van der Waals surface area contributed by atoms with Crippen LogP contribution in [0.1, 0.15) is 72.9 Å². The zero-order valence-corrected chi connectivity index (χ0v) is 27.9. The first kappa shape index (κ1) is 38.3. The largest absolute Gasteiger partial charge is 0.481 e. The first-order chi connectivity index (χ1) is 24.2. The lowest BCUT2D eigenvalue weighted by Crippen LogP contribution is -2.40. The van der Waals surface area contributed by atoms with Gasteiger partial charge >= 0.3 is 29.8 Å². The topological polar surface area (TPSA) is 255 Å². The van der Waals surface area contributed by atoms with Gasteiger partial charge < -0.3 is 46.0 Å². The molecule has 2 aromatic carbocycles. The molecular formula is C35H42N4O12. The molecule has 0 radical (unpaired) electrons. The van der Waals surface area contributed by atoms with Crippen LogP contribution >= 0.6 is 0 Å². The van der Waals surface area contributed by atoms with Crippen molar-refractivity contribution < 1.29 is 58.8 Å². The van der Waals surface area contributed by atoms with Crippen LogP contribution in [0.3, 0.4) is 0 Å². The highest BCUT2D eigenvalue weighted by atomic mass is 16.7. The predicted octanol–water partition coefficient (Wildman–Crippen LogP) is 2.63. The minimum absolute atomic E-state index is 0.0914. The average Bonchev–Trinajstić information content (AvgIpc) is 3.50. The molecule has 2 saturated heterocycles. The summed E-state index contributed by atoms with van der Waals surface area (Å²) in [6.45, 7) is 2.40. The number of carbonyl (C=O) groups is 6. The number of oxime groups is 1. The lowest BCUT2D eigenvalue weighted by molar-refractivity contribution is -0.151. The van der Waals surface area contributed by atoms with Crippen molar-refractivity contribution in [3.05, 3.63) is 59.2 Å². The molecule has 0 unspecified atom stereocenters. The van der Waals surface area contributed by atoms with Crippen LogP contribution in [0.4, 0.5) is 5.69 Å². The number of benzene rings is 2. The van der Waals surface area contributed by atoms with E-state index in [4.69, 9.17) is 20.4 Å².